The molecular formula is C20H30O4. The molecule has 24 heavy (non-hydrogen) atoms. The van der Waals surface area contributed by atoms with Gasteiger partial charge in [0.1, 0.15) is 0 Å². The van der Waals surface area contributed by atoms with Crippen LogP contribution in [0.2, 0.25) is 0 Å². The fraction of sp³-hybridized carbons (Fsp3) is 0.600. The lowest BCUT2D eigenvalue weighted by atomic mass is 10.1. The molecule has 0 N–H and O–H groups in total. The zero-order valence-electron chi connectivity index (χ0n) is 19.0. The van der Waals surface area contributed by atoms with Gasteiger partial charge in [0, 0.05) is 0 Å². The predicted octanol–water partition coefficient (Wildman–Crippen LogP) is 4.87. The van der Waals surface area contributed by atoms with Gasteiger partial charge in [0.05, 0.1) is 29.8 Å². The predicted molar refractivity (Wildman–Crippen MR) is 95.2 cm³/mol. The number of hydrogen-bond donors (Lipinski definition) is 0. The molecule has 0 aromatic heterocycles. The Morgan fingerprint density at radius 1 is 0.917 bits per heavy atom. The van der Waals surface area contributed by atoms with Crippen LogP contribution in [0.5, 0.6) is 0 Å². The molecular weight excluding hydrogens is 304 g/mol. The van der Waals surface area contributed by atoms with E-state index in [4.69, 9.17) is 15.0 Å². The summed E-state index contributed by atoms with van der Waals surface area (Å²) in [5.74, 6) is -1.18. The Bertz CT molecular complexity index is 647. The molecule has 0 aliphatic rings. The summed E-state index contributed by atoms with van der Waals surface area (Å²) < 4.78 is 42.0. The van der Waals surface area contributed by atoms with E-state index in [9.17, 15) is 9.59 Å². The second-order valence-electron chi connectivity index (χ2n) is 6.13. The van der Waals surface area contributed by atoms with Gasteiger partial charge in [-0.3, -0.25) is 0 Å². The third-order valence-corrected chi connectivity index (χ3v) is 4.18. The molecule has 0 heterocycles. The van der Waals surface area contributed by atoms with Crippen molar-refractivity contribution in [2.45, 2.75) is 53.4 Å². The van der Waals surface area contributed by atoms with Gasteiger partial charge in [-0.15, -0.1) is 0 Å². The number of ether oxygens (including phenoxy) is 2. The number of benzene rings is 1. The third kappa shape index (κ3) is 6.73. The first-order valence-electron chi connectivity index (χ1n) is 10.6. The smallest absolute Gasteiger partial charge is 0.339 e. The van der Waals surface area contributed by atoms with Gasteiger partial charge in [-0.1, -0.05) is 52.6 Å². The van der Waals surface area contributed by atoms with Crippen molar-refractivity contribution in [3.8, 4) is 0 Å². The van der Waals surface area contributed by atoms with Crippen LogP contribution in [0.4, 0.5) is 0 Å². The maximum atomic E-state index is 12.5. The number of carbonyl (C=O) groups excluding carboxylic acids is 2. The molecule has 0 spiro atoms. The zero-order valence-corrected chi connectivity index (χ0v) is 15.0. The van der Waals surface area contributed by atoms with E-state index >= 15 is 0 Å². The van der Waals surface area contributed by atoms with Gasteiger partial charge < -0.3 is 9.47 Å². The monoisotopic (exact) mass is 338 g/mol. The minimum atomic E-state index is -0.941. The van der Waals surface area contributed by atoms with E-state index < -0.39 is 47.2 Å². The molecule has 0 radical (unpaired) electrons. The summed E-state index contributed by atoms with van der Waals surface area (Å²) in [5, 5.41) is 0. The Balaban J connectivity index is 3.13. The van der Waals surface area contributed by atoms with Crippen molar-refractivity contribution in [2.75, 3.05) is 13.2 Å². The van der Waals surface area contributed by atoms with E-state index in [1.54, 1.807) is 0 Å². The summed E-state index contributed by atoms with van der Waals surface area (Å²) >= 11 is 0. The van der Waals surface area contributed by atoms with Crippen LogP contribution in [-0.4, -0.2) is 25.2 Å². The van der Waals surface area contributed by atoms with Crippen LogP contribution in [-0.2, 0) is 9.47 Å². The zero-order chi connectivity index (χ0) is 21.4. The SMILES string of the molecule is [2H]c1c([2H])c([2H])c(C(=O)OCCC(C)CC)c(C(=O)OCCC(C)CC)c1[2H]. The molecule has 4 heteroatoms. The van der Waals surface area contributed by atoms with Gasteiger partial charge in [-0.05, 0) is 36.8 Å². The molecule has 1 rings (SSSR count). The van der Waals surface area contributed by atoms with E-state index in [1.807, 2.05) is 27.7 Å². The Morgan fingerprint density at radius 3 is 1.62 bits per heavy atom. The first-order chi connectivity index (χ1) is 13.1. The molecule has 1 aromatic rings. The highest BCUT2D eigenvalue weighted by Crippen LogP contribution is 2.14. The second kappa shape index (κ2) is 10.8. The van der Waals surface area contributed by atoms with Gasteiger partial charge in [-0.25, -0.2) is 9.59 Å². The summed E-state index contributed by atoms with van der Waals surface area (Å²) in [4.78, 5) is 25.1. The summed E-state index contributed by atoms with van der Waals surface area (Å²) in [5.41, 5.74) is -0.938. The van der Waals surface area contributed by atoms with Gasteiger partial charge in [0.25, 0.3) is 0 Å². The Morgan fingerprint density at radius 2 is 1.29 bits per heavy atom. The highest BCUT2D eigenvalue weighted by atomic mass is 16.5. The Labute approximate surface area is 151 Å². The van der Waals surface area contributed by atoms with Crippen LogP contribution in [0, 0.1) is 11.8 Å². The van der Waals surface area contributed by atoms with E-state index in [0.717, 1.165) is 12.8 Å². The molecule has 1 aromatic carbocycles. The van der Waals surface area contributed by atoms with Gasteiger partial charge in [0.2, 0.25) is 0 Å². The number of hydrogen-bond acceptors (Lipinski definition) is 4. The van der Waals surface area contributed by atoms with Crippen LogP contribution in [0.1, 0.15) is 79.6 Å². The van der Waals surface area contributed by atoms with Crippen molar-refractivity contribution in [1.82, 2.24) is 0 Å². The lowest BCUT2D eigenvalue weighted by Gasteiger charge is -2.12. The second-order valence-corrected chi connectivity index (χ2v) is 6.13. The minimum absolute atomic E-state index is 0.110. The Kier molecular flexibility index (Phi) is 6.55. The van der Waals surface area contributed by atoms with Crippen molar-refractivity contribution in [3.05, 3.63) is 35.3 Å². The maximum absolute atomic E-state index is 12.5. The summed E-state index contributed by atoms with van der Waals surface area (Å²) in [7, 11) is 0. The van der Waals surface area contributed by atoms with E-state index in [1.165, 1.54) is 0 Å². The average Bonchev–Trinajstić information content (AvgIpc) is 2.67. The highest BCUT2D eigenvalue weighted by Gasteiger charge is 2.19. The number of rotatable bonds is 10. The molecule has 0 amide bonds. The molecule has 0 saturated heterocycles. The van der Waals surface area contributed by atoms with Gasteiger partial charge >= 0.3 is 11.9 Å². The average molecular weight is 338 g/mol. The van der Waals surface area contributed by atoms with Crippen LogP contribution in [0.3, 0.4) is 0 Å². The normalized spacial score (nSPS) is 15.5. The van der Waals surface area contributed by atoms with Gasteiger partial charge in [0.15, 0.2) is 0 Å². The molecule has 0 saturated carbocycles. The summed E-state index contributed by atoms with van der Waals surface area (Å²) in [6.45, 7) is 8.30. The largest absolute Gasteiger partial charge is 0.462 e. The van der Waals surface area contributed by atoms with Crippen LogP contribution < -0.4 is 0 Å². The van der Waals surface area contributed by atoms with Crippen molar-refractivity contribution in [3.63, 3.8) is 0 Å². The van der Waals surface area contributed by atoms with Crippen molar-refractivity contribution < 1.29 is 24.5 Å². The molecule has 0 bridgehead atoms. The summed E-state index contributed by atoms with van der Waals surface area (Å²) in [6.07, 6.45) is 3.11. The highest BCUT2D eigenvalue weighted by molar-refractivity contribution is 6.03. The van der Waals surface area contributed by atoms with Crippen molar-refractivity contribution in [1.29, 1.82) is 0 Å². The van der Waals surface area contributed by atoms with Crippen LogP contribution in [0.25, 0.3) is 0 Å². The summed E-state index contributed by atoms with van der Waals surface area (Å²) in [6, 6.07) is -2.36. The standard InChI is InChI=1S/C20H30O4/c1-5-15(3)11-13-23-19(21)17-9-7-8-10-18(17)20(22)24-14-12-16(4)6-2/h7-10,15-16H,5-6,11-14H2,1-4H3/i7D,8D,9D,10D. The van der Waals surface area contributed by atoms with E-state index in [-0.39, 0.29) is 13.2 Å². The first kappa shape index (κ1) is 14.5. The third-order valence-electron chi connectivity index (χ3n) is 4.18. The first-order valence-corrected chi connectivity index (χ1v) is 8.60. The molecule has 4 nitrogen and oxygen atoms in total. The topological polar surface area (TPSA) is 52.6 Å². The van der Waals surface area contributed by atoms with Gasteiger partial charge in [-0.2, -0.15) is 0 Å². The van der Waals surface area contributed by atoms with Crippen LogP contribution in [0.15, 0.2) is 24.2 Å². The quantitative estimate of drug-likeness (QED) is 0.571. The number of esters is 2. The molecule has 134 valence electrons. The van der Waals surface area contributed by atoms with Crippen LogP contribution >= 0.6 is 0 Å². The number of carbonyl (C=O) groups is 2. The fourth-order valence-corrected chi connectivity index (χ4v) is 1.88. The lowest BCUT2D eigenvalue weighted by molar-refractivity contribution is 0.0437. The molecule has 0 fully saturated rings. The Hall–Kier alpha value is -1.84. The minimum Gasteiger partial charge on any atom is -0.462 e. The lowest BCUT2D eigenvalue weighted by Crippen LogP contribution is -2.16. The van der Waals surface area contributed by atoms with Crippen molar-refractivity contribution in [2.24, 2.45) is 11.8 Å². The molecule has 2 atom stereocenters. The molecule has 0 aliphatic carbocycles. The van der Waals surface area contributed by atoms with Crippen molar-refractivity contribution >= 4 is 11.9 Å². The fourth-order valence-electron chi connectivity index (χ4n) is 1.88. The molecule has 2 unspecified atom stereocenters. The maximum Gasteiger partial charge on any atom is 0.339 e. The van der Waals surface area contributed by atoms with E-state index in [2.05, 4.69) is 0 Å². The molecule has 0 aliphatic heterocycles. The van der Waals surface area contributed by atoms with E-state index in [0.29, 0.717) is 24.7 Å².